The summed E-state index contributed by atoms with van der Waals surface area (Å²) >= 11 is 0. The number of rotatable bonds is 6. The Morgan fingerprint density at radius 3 is 2.86 bits per heavy atom. The van der Waals surface area contributed by atoms with Crippen molar-refractivity contribution < 1.29 is 4.74 Å². The van der Waals surface area contributed by atoms with Gasteiger partial charge in [0.1, 0.15) is 0 Å². The first kappa shape index (κ1) is 19.0. The highest BCUT2D eigenvalue weighted by Crippen LogP contribution is 2.20. The first-order valence-corrected chi connectivity index (χ1v) is 7.61. The Morgan fingerprint density at radius 1 is 1.32 bits per heavy atom. The van der Waals surface area contributed by atoms with Crippen LogP contribution >= 0.6 is 24.0 Å². The average Bonchev–Trinajstić information content (AvgIpc) is 2.50. The van der Waals surface area contributed by atoms with Crippen LogP contribution in [0.2, 0.25) is 0 Å². The largest absolute Gasteiger partial charge is 0.380 e. The van der Waals surface area contributed by atoms with Crippen molar-refractivity contribution in [3.63, 3.8) is 0 Å². The summed E-state index contributed by atoms with van der Waals surface area (Å²) in [5, 5.41) is 3.16. The highest BCUT2D eigenvalue weighted by Gasteiger charge is 2.04. The van der Waals surface area contributed by atoms with E-state index in [0.29, 0.717) is 12.6 Å². The number of methoxy groups -OCH3 is 1. The molecule has 0 unspecified atom stereocenters. The smallest absolute Gasteiger partial charge is 0.193 e. The van der Waals surface area contributed by atoms with Crippen molar-refractivity contribution in [1.29, 1.82) is 0 Å². The molecule has 0 spiro atoms. The van der Waals surface area contributed by atoms with E-state index in [1.54, 1.807) is 7.11 Å². The van der Waals surface area contributed by atoms with E-state index in [4.69, 9.17) is 10.5 Å². The van der Waals surface area contributed by atoms with Gasteiger partial charge in [0, 0.05) is 24.9 Å². The van der Waals surface area contributed by atoms with Crippen molar-refractivity contribution in [3.8, 4) is 0 Å². The lowest BCUT2D eigenvalue weighted by atomic mass is 9.97. The van der Waals surface area contributed by atoms with Gasteiger partial charge in [-0.25, -0.2) is 0 Å². The van der Waals surface area contributed by atoms with Crippen molar-refractivity contribution >= 4 is 35.6 Å². The second-order valence-electron chi connectivity index (χ2n) is 5.34. The van der Waals surface area contributed by atoms with Crippen LogP contribution in [0.5, 0.6) is 0 Å². The Balaban J connectivity index is 0.00000242. The van der Waals surface area contributed by atoms with Crippen molar-refractivity contribution in [2.45, 2.75) is 38.7 Å². The van der Waals surface area contributed by atoms with E-state index >= 15 is 0 Å². The fraction of sp³-hybridized carbons (Fsp3) is 0.471. The van der Waals surface area contributed by atoms with E-state index in [9.17, 15) is 0 Å². The van der Waals surface area contributed by atoms with E-state index in [1.807, 2.05) is 24.3 Å². The summed E-state index contributed by atoms with van der Waals surface area (Å²) in [6.07, 6.45) is 8.45. The van der Waals surface area contributed by atoms with Gasteiger partial charge in [-0.2, -0.15) is 0 Å². The van der Waals surface area contributed by atoms with E-state index in [2.05, 4.69) is 16.4 Å². The maximum Gasteiger partial charge on any atom is 0.193 e. The van der Waals surface area contributed by atoms with Crippen molar-refractivity contribution in [3.05, 3.63) is 41.5 Å². The van der Waals surface area contributed by atoms with Gasteiger partial charge >= 0.3 is 0 Å². The Kier molecular flexibility index (Phi) is 9.15. The Morgan fingerprint density at radius 2 is 2.14 bits per heavy atom. The van der Waals surface area contributed by atoms with Crippen LogP contribution in [-0.4, -0.2) is 19.6 Å². The van der Waals surface area contributed by atoms with Crippen LogP contribution in [0.1, 0.15) is 37.7 Å². The van der Waals surface area contributed by atoms with Gasteiger partial charge in [-0.3, -0.25) is 4.99 Å². The number of allylic oxidation sites excluding steroid dienone is 1. The number of benzene rings is 1. The molecule has 0 saturated carbocycles. The lowest BCUT2D eigenvalue weighted by Gasteiger charge is -2.12. The summed E-state index contributed by atoms with van der Waals surface area (Å²) in [5.41, 5.74) is 9.52. The molecule has 3 N–H and O–H groups in total. The van der Waals surface area contributed by atoms with Crippen LogP contribution in [0.15, 0.2) is 40.9 Å². The Labute approximate surface area is 150 Å². The second-order valence-corrected chi connectivity index (χ2v) is 5.34. The molecule has 0 fully saturated rings. The molecule has 2 rings (SSSR count). The predicted molar refractivity (Wildman–Crippen MR) is 104 cm³/mol. The van der Waals surface area contributed by atoms with Crippen LogP contribution < -0.4 is 11.1 Å². The SMILES string of the molecule is COCc1ccccc1NC(N)=NCCC1=CCCCC1.I. The van der Waals surface area contributed by atoms with Gasteiger partial charge in [0.05, 0.1) is 6.61 Å². The van der Waals surface area contributed by atoms with E-state index in [-0.39, 0.29) is 24.0 Å². The molecule has 0 radical (unpaired) electrons. The van der Waals surface area contributed by atoms with Gasteiger partial charge in [-0.05, 0) is 38.2 Å². The number of ether oxygens (including phenoxy) is 1. The zero-order valence-electron chi connectivity index (χ0n) is 13.2. The predicted octanol–water partition coefficient (Wildman–Crippen LogP) is 4.07. The lowest BCUT2D eigenvalue weighted by Crippen LogP contribution is -2.23. The molecule has 0 aliphatic heterocycles. The monoisotopic (exact) mass is 415 g/mol. The molecule has 1 aromatic carbocycles. The summed E-state index contributed by atoms with van der Waals surface area (Å²) < 4.78 is 5.18. The Bertz CT molecular complexity index is 514. The Hall–Kier alpha value is -1.08. The van der Waals surface area contributed by atoms with Crippen molar-refractivity contribution in [2.75, 3.05) is 19.0 Å². The molecular formula is C17H26IN3O. The third kappa shape index (κ3) is 6.36. The van der Waals surface area contributed by atoms with E-state index in [0.717, 1.165) is 24.2 Å². The van der Waals surface area contributed by atoms with Crippen molar-refractivity contribution in [1.82, 2.24) is 0 Å². The van der Waals surface area contributed by atoms with Gasteiger partial charge in [-0.1, -0.05) is 29.8 Å². The quantitative estimate of drug-likeness (QED) is 0.319. The molecule has 0 atom stereocenters. The summed E-state index contributed by atoms with van der Waals surface area (Å²) in [6, 6.07) is 7.97. The third-order valence-corrected chi connectivity index (χ3v) is 3.68. The first-order chi connectivity index (χ1) is 10.3. The summed E-state index contributed by atoms with van der Waals surface area (Å²) in [7, 11) is 1.69. The number of halogens is 1. The molecular weight excluding hydrogens is 389 g/mol. The standard InChI is InChI=1S/C17H25N3O.HI/c1-21-13-15-9-5-6-10-16(15)20-17(18)19-12-11-14-7-3-2-4-8-14;/h5-7,9-10H,2-4,8,11-13H2,1H3,(H3,18,19,20);1H. The van der Waals surface area contributed by atoms with Gasteiger partial charge < -0.3 is 15.8 Å². The molecule has 1 aliphatic carbocycles. The molecule has 1 aliphatic rings. The molecule has 0 amide bonds. The highest BCUT2D eigenvalue weighted by atomic mass is 127. The molecule has 0 saturated heterocycles. The maximum atomic E-state index is 5.96. The maximum absolute atomic E-state index is 5.96. The number of hydrogen-bond acceptors (Lipinski definition) is 2. The number of nitrogens with two attached hydrogens (primary N) is 1. The van der Waals surface area contributed by atoms with Crippen LogP contribution in [-0.2, 0) is 11.3 Å². The molecule has 0 aromatic heterocycles. The number of hydrogen-bond donors (Lipinski definition) is 2. The minimum Gasteiger partial charge on any atom is -0.380 e. The molecule has 4 nitrogen and oxygen atoms in total. The first-order valence-electron chi connectivity index (χ1n) is 7.61. The van der Waals surface area contributed by atoms with Gasteiger partial charge in [0.25, 0.3) is 0 Å². The topological polar surface area (TPSA) is 59.6 Å². The third-order valence-electron chi connectivity index (χ3n) is 3.68. The normalized spacial score (nSPS) is 15.0. The van der Waals surface area contributed by atoms with Crippen LogP contribution in [0.3, 0.4) is 0 Å². The zero-order valence-corrected chi connectivity index (χ0v) is 15.5. The molecule has 5 heteroatoms. The van der Waals surface area contributed by atoms with Gasteiger partial charge in [0.15, 0.2) is 5.96 Å². The van der Waals surface area contributed by atoms with Crippen LogP contribution in [0.25, 0.3) is 0 Å². The van der Waals surface area contributed by atoms with Crippen LogP contribution in [0, 0.1) is 0 Å². The average molecular weight is 415 g/mol. The number of aliphatic imine (C=N–C) groups is 1. The molecule has 0 heterocycles. The molecule has 122 valence electrons. The molecule has 22 heavy (non-hydrogen) atoms. The number of para-hydroxylation sites is 1. The number of guanidine groups is 1. The van der Waals surface area contributed by atoms with E-state index < -0.39 is 0 Å². The number of nitrogens with one attached hydrogen (secondary N) is 1. The minimum atomic E-state index is 0. The van der Waals surface area contributed by atoms with Crippen LogP contribution in [0.4, 0.5) is 5.69 Å². The highest BCUT2D eigenvalue weighted by molar-refractivity contribution is 14.0. The summed E-state index contributed by atoms with van der Waals surface area (Å²) in [5.74, 6) is 0.468. The fourth-order valence-corrected chi connectivity index (χ4v) is 2.55. The lowest BCUT2D eigenvalue weighted by molar-refractivity contribution is 0.185. The molecule has 1 aromatic rings. The summed E-state index contributed by atoms with van der Waals surface area (Å²) in [6.45, 7) is 1.31. The second kappa shape index (κ2) is 10.6. The minimum absolute atomic E-state index is 0. The van der Waals surface area contributed by atoms with Gasteiger partial charge in [-0.15, -0.1) is 24.0 Å². The number of anilines is 1. The fourth-order valence-electron chi connectivity index (χ4n) is 2.55. The van der Waals surface area contributed by atoms with E-state index in [1.165, 1.54) is 31.3 Å². The zero-order chi connectivity index (χ0) is 14.9. The number of nitrogens with zero attached hydrogens (tertiary/aromatic N) is 1. The molecule has 0 bridgehead atoms. The summed E-state index contributed by atoms with van der Waals surface area (Å²) in [4.78, 5) is 4.42. The van der Waals surface area contributed by atoms with Crippen molar-refractivity contribution in [2.24, 2.45) is 10.7 Å². The van der Waals surface area contributed by atoms with Gasteiger partial charge in [0.2, 0.25) is 0 Å².